The number of hydrogen-bond donors (Lipinski definition) is 2. The summed E-state index contributed by atoms with van der Waals surface area (Å²) in [6.07, 6.45) is 7.35. The second-order valence-corrected chi connectivity index (χ2v) is 6.07. The molecule has 0 aliphatic rings. The van der Waals surface area contributed by atoms with Crippen LogP contribution < -0.4 is 10.6 Å². The summed E-state index contributed by atoms with van der Waals surface area (Å²) in [5.41, 5.74) is 1.89. The Labute approximate surface area is 146 Å². The van der Waals surface area contributed by atoms with Crippen LogP contribution in [-0.4, -0.2) is 32.1 Å². The molecule has 0 spiro atoms. The van der Waals surface area contributed by atoms with E-state index in [-0.39, 0.29) is 6.03 Å². The molecule has 3 aromatic rings. The van der Waals surface area contributed by atoms with Crippen molar-refractivity contribution < 1.29 is 4.79 Å². The van der Waals surface area contributed by atoms with Gasteiger partial charge in [0.05, 0.1) is 6.54 Å². The molecule has 0 radical (unpaired) electrons. The quantitative estimate of drug-likeness (QED) is 0.695. The lowest BCUT2D eigenvalue weighted by Crippen LogP contribution is -2.33. The van der Waals surface area contributed by atoms with Gasteiger partial charge < -0.3 is 10.6 Å². The van der Waals surface area contributed by atoms with Gasteiger partial charge in [-0.2, -0.15) is 10.2 Å². The van der Waals surface area contributed by atoms with Crippen LogP contribution in [0.3, 0.4) is 0 Å². The number of rotatable bonds is 7. The molecule has 1 aromatic carbocycles. The van der Waals surface area contributed by atoms with Gasteiger partial charge in [0, 0.05) is 43.6 Å². The van der Waals surface area contributed by atoms with Crippen LogP contribution in [0.25, 0.3) is 0 Å². The van der Waals surface area contributed by atoms with E-state index in [1.54, 1.807) is 12.4 Å². The monoisotopic (exact) mass is 338 g/mol. The Hall–Kier alpha value is -3.09. The van der Waals surface area contributed by atoms with Gasteiger partial charge >= 0.3 is 6.03 Å². The molecule has 3 rings (SSSR count). The summed E-state index contributed by atoms with van der Waals surface area (Å²) >= 11 is 0. The molecule has 0 aliphatic carbocycles. The molecule has 25 heavy (non-hydrogen) atoms. The Balaban J connectivity index is 1.43. The van der Waals surface area contributed by atoms with Crippen LogP contribution in [0.15, 0.2) is 61.2 Å². The highest BCUT2D eigenvalue weighted by molar-refractivity contribution is 5.89. The molecule has 1 atom stereocenters. The molecule has 0 saturated carbocycles. The average molecular weight is 338 g/mol. The van der Waals surface area contributed by atoms with E-state index in [2.05, 4.69) is 27.8 Å². The minimum atomic E-state index is -0.202. The molecule has 0 aliphatic heterocycles. The minimum Gasteiger partial charge on any atom is -0.338 e. The highest BCUT2D eigenvalue weighted by Gasteiger charge is 2.07. The van der Waals surface area contributed by atoms with E-state index in [1.165, 1.54) is 0 Å². The fourth-order valence-electron chi connectivity index (χ4n) is 2.51. The lowest BCUT2D eigenvalue weighted by Gasteiger charge is -2.13. The largest absolute Gasteiger partial charge is 0.338 e. The Morgan fingerprint density at radius 2 is 1.76 bits per heavy atom. The van der Waals surface area contributed by atoms with E-state index >= 15 is 0 Å². The van der Waals surface area contributed by atoms with Gasteiger partial charge in [-0.05, 0) is 35.7 Å². The topological polar surface area (TPSA) is 76.8 Å². The second kappa shape index (κ2) is 8.14. The van der Waals surface area contributed by atoms with Crippen LogP contribution in [0.4, 0.5) is 10.5 Å². The standard InChI is InChI=1S/C18H22N6O/c1-15(13-23-10-2-8-20-23)12-19-18(25)22-17-6-4-16(5-7-17)14-24-11-3-9-21-24/h2-11,15H,12-14H2,1H3,(H2,19,22,25)/t15-/m1/s1. The average Bonchev–Trinajstić information content (AvgIpc) is 3.29. The summed E-state index contributed by atoms with van der Waals surface area (Å²) in [6.45, 7) is 4.15. The summed E-state index contributed by atoms with van der Waals surface area (Å²) in [5.74, 6) is 0.294. The Morgan fingerprint density at radius 1 is 1.08 bits per heavy atom. The van der Waals surface area contributed by atoms with Crippen molar-refractivity contribution in [1.29, 1.82) is 0 Å². The predicted octanol–water partition coefficient (Wildman–Crippen LogP) is 2.59. The third kappa shape index (κ3) is 5.20. The number of nitrogens with one attached hydrogen (secondary N) is 2. The van der Waals surface area contributed by atoms with Gasteiger partial charge in [0.1, 0.15) is 0 Å². The molecule has 7 nitrogen and oxygen atoms in total. The lowest BCUT2D eigenvalue weighted by atomic mass is 10.2. The summed E-state index contributed by atoms with van der Waals surface area (Å²) in [6, 6.07) is 11.3. The van der Waals surface area contributed by atoms with Crippen molar-refractivity contribution in [2.24, 2.45) is 5.92 Å². The maximum absolute atomic E-state index is 12.0. The third-order valence-corrected chi connectivity index (χ3v) is 3.78. The van der Waals surface area contributed by atoms with Gasteiger partial charge in [0.2, 0.25) is 0 Å². The molecule has 0 fully saturated rings. The summed E-state index contributed by atoms with van der Waals surface area (Å²) < 4.78 is 3.72. The Bertz CT molecular complexity index is 765. The van der Waals surface area contributed by atoms with Gasteiger partial charge in [-0.1, -0.05) is 19.1 Å². The van der Waals surface area contributed by atoms with Crippen LogP contribution in [-0.2, 0) is 13.1 Å². The maximum Gasteiger partial charge on any atom is 0.319 e. The van der Waals surface area contributed by atoms with Crippen LogP contribution in [0.5, 0.6) is 0 Å². The summed E-state index contributed by atoms with van der Waals surface area (Å²) in [5, 5.41) is 14.1. The summed E-state index contributed by atoms with van der Waals surface area (Å²) in [4.78, 5) is 12.0. The van der Waals surface area contributed by atoms with Crippen molar-refractivity contribution in [2.75, 3.05) is 11.9 Å². The van der Waals surface area contributed by atoms with E-state index in [4.69, 9.17) is 0 Å². The zero-order chi connectivity index (χ0) is 17.5. The van der Waals surface area contributed by atoms with Crippen LogP contribution in [0.1, 0.15) is 12.5 Å². The fourth-order valence-corrected chi connectivity index (χ4v) is 2.51. The number of carbonyl (C=O) groups is 1. The number of amides is 2. The number of carbonyl (C=O) groups excluding carboxylic acids is 1. The first-order chi connectivity index (χ1) is 12.2. The molecule has 2 heterocycles. The smallest absolute Gasteiger partial charge is 0.319 e. The Morgan fingerprint density at radius 3 is 2.40 bits per heavy atom. The zero-order valence-electron chi connectivity index (χ0n) is 14.2. The predicted molar refractivity (Wildman–Crippen MR) is 96.2 cm³/mol. The third-order valence-electron chi connectivity index (χ3n) is 3.78. The van der Waals surface area contributed by atoms with Gasteiger partial charge in [0.15, 0.2) is 0 Å². The van der Waals surface area contributed by atoms with E-state index < -0.39 is 0 Å². The summed E-state index contributed by atoms with van der Waals surface area (Å²) in [7, 11) is 0. The molecular formula is C18H22N6O. The van der Waals surface area contributed by atoms with E-state index in [1.807, 2.05) is 58.2 Å². The molecule has 130 valence electrons. The van der Waals surface area contributed by atoms with E-state index in [9.17, 15) is 4.79 Å². The highest BCUT2D eigenvalue weighted by Crippen LogP contribution is 2.10. The highest BCUT2D eigenvalue weighted by atomic mass is 16.2. The van der Waals surface area contributed by atoms with E-state index in [0.29, 0.717) is 19.0 Å². The zero-order valence-corrected chi connectivity index (χ0v) is 14.2. The lowest BCUT2D eigenvalue weighted by molar-refractivity contribution is 0.249. The van der Waals surface area contributed by atoms with E-state index in [0.717, 1.165) is 17.8 Å². The molecular weight excluding hydrogens is 316 g/mol. The van der Waals surface area contributed by atoms with Crippen LogP contribution >= 0.6 is 0 Å². The van der Waals surface area contributed by atoms with Crippen molar-refractivity contribution in [3.63, 3.8) is 0 Å². The minimum absolute atomic E-state index is 0.202. The molecule has 0 saturated heterocycles. The number of benzene rings is 1. The first kappa shape index (κ1) is 16.8. The first-order valence-electron chi connectivity index (χ1n) is 8.28. The number of aromatic nitrogens is 4. The number of nitrogens with zero attached hydrogens (tertiary/aromatic N) is 4. The van der Waals surface area contributed by atoms with Gasteiger partial charge in [-0.15, -0.1) is 0 Å². The van der Waals surface area contributed by atoms with Crippen molar-refractivity contribution >= 4 is 11.7 Å². The van der Waals surface area contributed by atoms with Gasteiger partial charge in [-0.3, -0.25) is 9.36 Å². The van der Waals surface area contributed by atoms with Crippen LogP contribution in [0, 0.1) is 5.92 Å². The van der Waals surface area contributed by atoms with Crippen molar-refractivity contribution in [1.82, 2.24) is 24.9 Å². The van der Waals surface area contributed by atoms with Gasteiger partial charge in [0.25, 0.3) is 0 Å². The van der Waals surface area contributed by atoms with Gasteiger partial charge in [-0.25, -0.2) is 4.79 Å². The fraction of sp³-hybridized carbons (Fsp3) is 0.278. The van der Waals surface area contributed by atoms with Crippen molar-refractivity contribution in [2.45, 2.75) is 20.0 Å². The number of urea groups is 1. The molecule has 0 unspecified atom stereocenters. The van der Waals surface area contributed by atoms with Crippen molar-refractivity contribution in [3.8, 4) is 0 Å². The number of anilines is 1. The second-order valence-electron chi connectivity index (χ2n) is 6.07. The first-order valence-corrected chi connectivity index (χ1v) is 8.28. The molecule has 2 amide bonds. The van der Waals surface area contributed by atoms with Crippen LogP contribution in [0.2, 0.25) is 0 Å². The molecule has 2 N–H and O–H groups in total. The Kier molecular flexibility index (Phi) is 5.46. The molecule has 2 aromatic heterocycles. The molecule has 0 bridgehead atoms. The SMILES string of the molecule is C[C@H](CNC(=O)Nc1ccc(Cn2cccn2)cc1)Cn1cccn1. The van der Waals surface area contributed by atoms with Crippen molar-refractivity contribution in [3.05, 3.63) is 66.7 Å². The maximum atomic E-state index is 12.0. The molecule has 7 heteroatoms. The number of hydrogen-bond acceptors (Lipinski definition) is 3. The normalized spacial score (nSPS) is 11.9.